The normalized spacial score (nSPS) is 17.6. The molecule has 2 aliphatic rings. The van der Waals surface area contributed by atoms with Crippen LogP contribution >= 0.6 is 0 Å². The van der Waals surface area contributed by atoms with Crippen LogP contribution in [0.5, 0.6) is 0 Å². The van der Waals surface area contributed by atoms with Crippen molar-refractivity contribution in [2.75, 3.05) is 0 Å². The lowest BCUT2D eigenvalue weighted by molar-refractivity contribution is 0.651. The molecule has 5 rings (SSSR count). The third-order valence-electron chi connectivity index (χ3n) is 6.53. The average molecular weight is 324 g/mol. The van der Waals surface area contributed by atoms with E-state index in [4.69, 9.17) is 0 Å². The number of fused-ring (bicyclic) bond motifs is 6. The monoisotopic (exact) mass is 324 g/mol. The second kappa shape index (κ2) is 4.43. The van der Waals surface area contributed by atoms with Crippen molar-refractivity contribution in [1.29, 1.82) is 0 Å². The molecule has 0 saturated heterocycles. The maximum absolute atomic E-state index is 2.48. The highest BCUT2D eigenvalue weighted by Crippen LogP contribution is 2.55. The van der Waals surface area contributed by atoms with Crippen LogP contribution in [-0.4, -0.2) is 0 Å². The minimum absolute atomic E-state index is 0.0629. The van der Waals surface area contributed by atoms with Gasteiger partial charge in [0.05, 0.1) is 0 Å². The van der Waals surface area contributed by atoms with Crippen LogP contribution in [-0.2, 0) is 10.8 Å². The van der Waals surface area contributed by atoms with Crippen molar-refractivity contribution in [3.05, 3.63) is 82.4 Å². The highest BCUT2D eigenvalue weighted by molar-refractivity contribution is 5.89. The van der Waals surface area contributed by atoms with Crippen LogP contribution in [0.2, 0.25) is 0 Å². The molecular weight excluding hydrogens is 300 g/mol. The van der Waals surface area contributed by atoms with Crippen LogP contribution in [0, 0.1) is 6.92 Å². The molecule has 0 heteroatoms. The average Bonchev–Trinajstić information content (AvgIpc) is 2.94. The summed E-state index contributed by atoms with van der Waals surface area (Å²) >= 11 is 0. The maximum Gasteiger partial charge on any atom is 0.0159 e. The van der Waals surface area contributed by atoms with E-state index in [1.54, 1.807) is 0 Å². The van der Waals surface area contributed by atoms with Gasteiger partial charge in [0.15, 0.2) is 0 Å². The first-order valence-electron chi connectivity index (χ1n) is 9.22. The molecule has 0 N–H and O–H groups in total. The summed E-state index contributed by atoms with van der Waals surface area (Å²) in [6, 6.07) is 20.8. The lowest BCUT2D eigenvalue weighted by Crippen LogP contribution is -2.17. The Kier molecular flexibility index (Phi) is 2.65. The molecule has 0 radical (unpaired) electrons. The fourth-order valence-electron chi connectivity index (χ4n) is 5.04. The Hall–Kier alpha value is -2.34. The fraction of sp³-hybridized carbons (Fsp3) is 0.280. The SMILES string of the molecule is Cc1ccc2c(c1)C(C)(C)c1cc3c(cc1-2)C(C)(C)c1ccccc1-3. The summed E-state index contributed by atoms with van der Waals surface area (Å²) in [4.78, 5) is 0. The van der Waals surface area contributed by atoms with Gasteiger partial charge >= 0.3 is 0 Å². The zero-order valence-corrected chi connectivity index (χ0v) is 15.7. The Bertz CT molecular complexity index is 1050. The Labute approximate surface area is 150 Å². The standard InChI is InChI=1S/C25H24/c1-15-10-11-17-19-14-22-18(13-23(19)25(4,5)21(17)12-15)16-8-6-7-9-20(16)24(22,2)3/h6-14H,1-5H3. The molecule has 3 aromatic carbocycles. The van der Waals surface area contributed by atoms with E-state index in [2.05, 4.69) is 89.2 Å². The van der Waals surface area contributed by atoms with E-state index in [1.807, 2.05) is 0 Å². The van der Waals surface area contributed by atoms with Gasteiger partial charge in [0.2, 0.25) is 0 Å². The quantitative estimate of drug-likeness (QED) is 0.436. The predicted molar refractivity (Wildman–Crippen MR) is 106 cm³/mol. The molecule has 3 aromatic rings. The number of rotatable bonds is 0. The Morgan fingerprint density at radius 2 is 1.04 bits per heavy atom. The largest absolute Gasteiger partial charge is 0.0619 e. The molecule has 0 spiro atoms. The molecule has 0 aromatic heterocycles. The minimum Gasteiger partial charge on any atom is -0.0619 e. The smallest absolute Gasteiger partial charge is 0.0159 e. The van der Waals surface area contributed by atoms with Gasteiger partial charge in [-0.05, 0) is 63.6 Å². The van der Waals surface area contributed by atoms with Gasteiger partial charge in [-0.25, -0.2) is 0 Å². The fourth-order valence-corrected chi connectivity index (χ4v) is 5.04. The summed E-state index contributed by atoms with van der Waals surface area (Å²) < 4.78 is 0. The van der Waals surface area contributed by atoms with Crippen molar-refractivity contribution in [3.63, 3.8) is 0 Å². The maximum atomic E-state index is 2.48. The van der Waals surface area contributed by atoms with E-state index in [9.17, 15) is 0 Å². The highest BCUT2D eigenvalue weighted by atomic mass is 14.4. The van der Waals surface area contributed by atoms with Gasteiger partial charge in [-0.1, -0.05) is 75.7 Å². The van der Waals surface area contributed by atoms with Crippen LogP contribution in [0.25, 0.3) is 22.3 Å². The van der Waals surface area contributed by atoms with Crippen molar-refractivity contribution in [1.82, 2.24) is 0 Å². The lowest BCUT2D eigenvalue weighted by atomic mass is 9.79. The van der Waals surface area contributed by atoms with Gasteiger partial charge in [-0.15, -0.1) is 0 Å². The van der Waals surface area contributed by atoms with Crippen LogP contribution in [0.3, 0.4) is 0 Å². The Morgan fingerprint density at radius 3 is 1.72 bits per heavy atom. The first kappa shape index (κ1) is 15.0. The van der Waals surface area contributed by atoms with Crippen molar-refractivity contribution < 1.29 is 0 Å². The molecule has 0 fully saturated rings. The molecule has 0 aliphatic heterocycles. The minimum atomic E-state index is 0.0629. The molecule has 0 nitrogen and oxygen atoms in total. The first-order valence-corrected chi connectivity index (χ1v) is 9.22. The van der Waals surface area contributed by atoms with E-state index < -0.39 is 0 Å². The second-order valence-corrected chi connectivity index (χ2v) is 8.79. The molecule has 2 aliphatic carbocycles. The zero-order chi connectivity index (χ0) is 17.6. The summed E-state index contributed by atoms with van der Waals surface area (Å²) in [7, 11) is 0. The van der Waals surface area contributed by atoms with Crippen molar-refractivity contribution in [3.8, 4) is 22.3 Å². The molecule has 0 amide bonds. The third kappa shape index (κ3) is 1.73. The van der Waals surface area contributed by atoms with E-state index in [0.717, 1.165) is 0 Å². The van der Waals surface area contributed by atoms with Gasteiger partial charge in [0, 0.05) is 10.8 Å². The summed E-state index contributed by atoms with van der Waals surface area (Å²) in [5, 5.41) is 0. The molecule has 0 heterocycles. The summed E-state index contributed by atoms with van der Waals surface area (Å²) in [6.45, 7) is 11.7. The number of hydrogen-bond acceptors (Lipinski definition) is 0. The third-order valence-corrected chi connectivity index (χ3v) is 6.53. The highest BCUT2D eigenvalue weighted by Gasteiger charge is 2.41. The van der Waals surface area contributed by atoms with Crippen molar-refractivity contribution in [2.24, 2.45) is 0 Å². The topological polar surface area (TPSA) is 0 Å². The predicted octanol–water partition coefficient (Wildman–Crippen LogP) is 6.61. The summed E-state index contributed by atoms with van der Waals surface area (Å²) in [5.74, 6) is 0. The Balaban J connectivity index is 1.86. The first-order chi connectivity index (χ1) is 11.8. The van der Waals surface area contributed by atoms with Crippen molar-refractivity contribution >= 4 is 0 Å². The van der Waals surface area contributed by atoms with E-state index in [1.165, 1.54) is 50.1 Å². The molecule has 0 bridgehead atoms. The number of hydrogen-bond donors (Lipinski definition) is 0. The van der Waals surface area contributed by atoms with Gasteiger partial charge in [0.25, 0.3) is 0 Å². The van der Waals surface area contributed by atoms with Gasteiger partial charge in [-0.2, -0.15) is 0 Å². The van der Waals surface area contributed by atoms with E-state index in [0.29, 0.717) is 0 Å². The van der Waals surface area contributed by atoms with Crippen molar-refractivity contribution in [2.45, 2.75) is 45.4 Å². The lowest BCUT2D eigenvalue weighted by Gasteiger charge is -2.24. The van der Waals surface area contributed by atoms with Gasteiger partial charge in [-0.3, -0.25) is 0 Å². The van der Waals surface area contributed by atoms with Crippen LogP contribution in [0.4, 0.5) is 0 Å². The molecule has 0 unspecified atom stereocenters. The van der Waals surface area contributed by atoms with Crippen LogP contribution < -0.4 is 0 Å². The van der Waals surface area contributed by atoms with Gasteiger partial charge < -0.3 is 0 Å². The molecule has 0 atom stereocenters. The molecule has 25 heavy (non-hydrogen) atoms. The molecule has 0 saturated carbocycles. The van der Waals surface area contributed by atoms with E-state index in [-0.39, 0.29) is 10.8 Å². The molecular formula is C25H24. The number of aryl methyl sites for hydroxylation is 1. The van der Waals surface area contributed by atoms with Gasteiger partial charge in [0.1, 0.15) is 0 Å². The summed E-state index contributed by atoms with van der Waals surface area (Å²) in [5.41, 5.74) is 13.0. The van der Waals surface area contributed by atoms with E-state index >= 15 is 0 Å². The Morgan fingerprint density at radius 1 is 0.520 bits per heavy atom. The van der Waals surface area contributed by atoms with Crippen LogP contribution in [0.15, 0.2) is 54.6 Å². The molecule has 124 valence electrons. The summed E-state index contributed by atoms with van der Waals surface area (Å²) in [6.07, 6.45) is 0. The second-order valence-electron chi connectivity index (χ2n) is 8.79. The number of benzene rings is 3. The zero-order valence-electron chi connectivity index (χ0n) is 15.7. The van der Waals surface area contributed by atoms with Crippen LogP contribution in [0.1, 0.15) is 55.5 Å².